The Bertz CT molecular complexity index is 572. The van der Waals surface area contributed by atoms with Gasteiger partial charge in [0.25, 0.3) is 5.69 Å². The quantitative estimate of drug-likeness (QED) is 0.363. The molecule has 1 aromatic rings. The first-order chi connectivity index (χ1) is 9.76. The molecule has 1 aromatic carbocycles. The number of alkyl halides is 1. The Hall–Kier alpha value is -1.40. The van der Waals surface area contributed by atoms with E-state index in [0.717, 1.165) is 6.04 Å². The first kappa shape index (κ1) is 16.0. The van der Waals surface area contributed by atoms with Gasteiger partial charge in [-0.15, -0.1) is 11.6 Å². The standard InChI is InChI=1S/C14H19ClN2O3Si/c1-21(2,3)9-12-8-13(15)14(16-20-12)10-5-4-6-11(7-10)17(18)19/h4-7,12-13H,8-9H2,1-3H3/t12-,13+/m0/s1. The van der Waals surface area contributed by atoms with Crippen molar-refractivity contribution >= 4 is 31.1 Å². The minimum absolute atomic E-state index is 0.0308. The molecule has 0 unspecified atom stereocenters. The van der Waals surface area contributed by atoms with E-state index in [9.17, 15) is 10.1 Å². The zero-order valence-corrected chi connectivity index (χ0v) is 14.1. The van der Waals surface area contributed by atoms with Gasteiger partial charge in [-0.05, 0) is 6.04 Å². The lowest BCUT2D eigenvalue weighted by atomic mass is 10.0. The fourth-order valence-corrected chi connectivity index (χ4v) is 4.36. The molecule has 1 heterocycles. The first-order valence-electron chi connectivity index (χ1n) is 6.89. The third-order valence-corrected chi connectivity index (χ3v) is 5.32. The zero-order chi connectivity index (χ0) is 15.6. The van der Waals surface area contributed by atoms with Gasteiger partial charge in [0.05, 0.1) is 10.3 Å². The van der Waals surface area contributed by atoms with Gasteiger partial charge in [-0.25, -0.2) is 0 Å². The van der Waals surface area contributed by atoms with Crippen LogP contribution in [0.4, 0.5) is 5.69 Å². The molecule has 0 bridgehead atoms. The number of hydrogen-bond donors (Lipinski definition) is 0. The molecule has 0 aliphatic carbocycles. The largest absolute Gasteiger partial charge is 0.392 e. The lowest BCUT2D eigenvalue weighted by Gasteiger charge is -2.28. The van der Waals surface area contributed by atoms with E-state index in [1.807, 2.05) is 0 Å². The molecular weight excluding hydrogens is 308 g/mol. The molecule has 0 aromatic heterocycles. The fraction of sp³-hybridized carbons (Fsp3) is 0.500. The lowest BCUT2D eigenvalue weighted by Crippen LogP contribution is -2.34. The molecule has 2 rings (SSSR count). The first-order valence-corrected chi connectivity index (χ1v) is 11.0. The third kappa shape index (κ3) is 4.28. The number of nitro benzene ring substituents is 1. The number of benzene rings is 1. The number of oxime groups is 1. The minimum atomic E-state index is -1.24. The molecule has 0 saturated heterocycles. The van der Waals surface area contributed by atoms with Crippen molar-refractivity contribution in [3.05, 3.63) is 39.9 Å². The van der Waals surface area contributed by atoms with Crippen LogP contribution in [-0.4, -0.2) is 30.2 Å². The number of halogens is 1. The maximum Gasteiger partial charge on any atom is 0.270 e. The van der Waals surface area contributed by atoms with Crippen molar-refractivity contribution in [2.75, 3.05) is 0 Å². The summed E-state index contributed by atoms with van der Waals surface area (Å²) in [5.74, 6) is 0. The van der Waals surface area contributed by atoms with Crippen LogP contribution in [0.5, 0.6) is 0 Å². The molecule has 2 atom stereocenters. The normalized spacial score (nSPS) is 22.4. The molecule has 0 N–H and O–H groups in total. The molecule has 0 spiro atoms. The topological polar surface area (TPSA) is 64.7 Å². The van der Waals surface area contributed by atoms with E-state index < -0.39 is 13.0 Å². The Morgan fingerprint density at radius 3 is 2.76 bits per heavy atom. The van der Waals surface area contributed by atoms with Crippen LogP contribution in [0.1, 0.15) is 12.0 Å². The van der Waals surface area contributed by atoms with E-state index in [0.29, 0.717) is 17.7 Å². The number of non-ortho nitro benzene ring substituents is 1. The second kappa shape index (κ2) is 6.15. The Morgan fingerprint density at radius 1 is 1.48 bits per heavy atom. The molecule has 1 aliphatic heterocycles. The van der Waals surface area contributed by atoms with Crippen LogP contribution in [0, 0.1) is 10.1 Å². The summed E-state index contributed by atoms with van der Waals surface area (Å²) in [7, 11) is -1.24. The highest BCUT2D eigenvalue weighted by atomic mass is 35.5. The fourth-order valence-electron chi connectivity index (χ4n) is 2.39. The van der Waals surface area contributed by atoms with Gasteiger partial charge in [0.1, 0.15) is 11.8 Å². The van der Waals surface area contributed by atoms with Crippen LogP contribution in [0.3, 0.4) is 0 Å². The molecule has 0 saturated carbocycles. The maximum atomic E-state index is 10.8. The lowest BCUT2D eigenvalue weighted by molar-refractivity contribution is -0.384. The van der Waals surface area contributed by atoms with Crippen molar-refractivity contribution in [1.82, 2.24) is 0 Å². The van der Waals surface area contributed by atoms with Crippen molar-refractivity contribution < 1.29 is 9.76 Å². The Labute approximate surface area is 130 Å². The number of rotatable bonds is 4. The maximum absolute atomic E-state index is 10.8. The van der Waals surface area contributed by atoms with Crippen LogP contribution in [0.25, 0.3) is 0 Å². The van der Waals surface area contributed by atoms with Crippen molar-refractivity contribution in [1.29, 1.82) is 0 Å². The van der Waals surface area contributed by atoms with E-state index in [1.165, 1.54) is 12.1 Å². The van der Waals surface area contributed by atoms with Crippen molar-refractivity contribution in [2.24, 2.45) is 5.16 Å². The molecule has 0 radical (unpaired) electrons. The van der Waals surface area contributed by atoms with Crippen LogP contribution in [0.2, 0.25) is 25.7 Å². The smallest absolute Gasteiger partial charge is 0.270 e. The summed E-state index contributed by atoms with van der Waals surface area (Å²) in [6.07, 6.45) is 0.731. The summed E-state index contributed by atoms with van der Waals surface area (Å²) < 4.78 is 0. The second-order valence-corrected chi connectivity index (χ2v) is 12.5. The molecule has 7 heteroatoms. The molecule has 0 amide bonds. The van der Waals surface area contributed by atoms with Gasteiger partial charge in [-0.1, -0.05) is 36.9 Å². The number of nitro groups is 1. The summed E-state index contributed by atoms with van der Waals surface area (Å²) in [6, 6.07) is 7.33. The average Bonchev–Trinajstić information content (AvgIpc) is 2.37. The van der Waals surface area contributed by atoms with Crippen LogP contribution < -0.4 is 0 Å². The number of hydrogen-bond acceptors (Lipinski definition) is 4. The van der Waals surface area contributed by atoms with E-state index in [4.69, 9.17) is 16.4 Å². The highest BCUT2D eigenvalue weighted by Gasteiger charge is 2.31. The second-order valence-electron chi connectivity index (χ2n) is 6.48. The summed E-state index contributed by atoms with van der Waals surface area (Å²) >= 11 is 6.41. The van der Waals surface area contributed by atoms with E-state index in [-0.39, 0.29) is 17.2 Å². The van der Waals surface area contributed by atoms with Gasteiger partial charge >= 0.3 is 0 Å². The van der Waals surface area contributed by atoms with Crippen LogP contribution in [0.15, 0.2) is 29.4 Å². The number of nitrogens with zero attached hydrogens (tertiary/aromatic N) is 2. The molecule has 114 valence electrons. The predicted octanol–water partition coefficient (Wildman–Crippen LogP) is 4.03. The van der Waals surface area contributed by atoms with Gasteiger partial charge < -0.3 is 4.84 Å². The van der Waals surface area contributed by atoms with E-state index in [2.05, 4.69) is 24.8 Å². The van der Waals surface area contributed by atoms with Crippen molar-refractivity contribution in [2.45, 2.75) is 43.6 Å². The van der Waals surface area contributed by atoms with E-state index >= 15 is 0 Å². The highest BCUT2D eigenvalue weighted by Crippen LogP contribution is 2.27. The van der Waals surface area contributed by atoms with E-state index in [1.54, 1.807) is 12.1 Å². The Morgan fingerprint density at radius 2 is 2.19 bits per heavy atom. The molecule has 0 fully saturated rings. The SMILES string of the molecule is C[Si](C)(C)C[C@@H]1C[C@@H](Cl)C(c2cccc([N+](=O)[O-])c2)=NO1. The minimum Gasteiger partial charge on any atom is -0.392 e. The van der Waals surface area contributed by atoms with Gasteiger partial charge in [-0.2, -0.15) is 0 Å². The summed E-state index contributed by atoms with van der Waals surface area (Å²) in [4.78, 5) is 16.0. The van der Waals surface area contributed by atoms with Crippen LogP contribution in [-0.2, 0) is 4.84 Å². The summed E-state index contributed by atoms with van der Waals surface area (Å²) in [5.41, 5.74) is 1.26. The van der Waals surface area contributed by atoms with Crippen molar-refractivity contribution in [3.8, 4) is 0 Å². The summed E-state index contributed by atoms with van der Waals surface area (Å²) in [6.45, 7) is 6.83. The van der Waals surface area contributed by atoms with Crippen LogP contribution >= 0.6 is 11.6 Å². The molecular formula is C14H19ClN2O3Si. The summed E-state index contributed by atoms with van der Waals surface area (Å²) in [5, 5.41) is 14.7. The molecule has 5 nitrogen and oxygen atoms in total. The Kier molecular flexibility index (Phi) is 4.68. The van der Waals surface area contributed by atoms with Gasteiger partial charge in [0.2, 0.25) is 0 Å². The monoisotopic (exact) mass is 326 g/mol. The van der Waals surface area contributed by atoms with Gasteiger partial charge in [0, 0.05) is 32.2 Å². The van der Waals surface area contributed by atoms with Crippen molar-refractivity contribution in [3.63, 3.8) is 0 Å². The third-order valence-electron chi connectivity index (χ3n) is 3.26. The molecule has 1 aliphatic rings. The predicted molar refractivity (Wildman–Crippen MR) is 86.9 cm³/mol. The Balaban J connectivity index is 2.18. The molecule has 21 heavy (non-hydrogen) atoms. The highest BCUT2D eigenvalue weighted by molar-refractivity contribution is 6.76. The zero-order valence-electron chi connectivity index (χ0n) is 12.4. The van der Waals surface area contributed by atoms with Gasteiger partial charge in [-0.3, -0.25) is 10.1 Å². The average molecular weight is 327 g/mol. The van der Waals surface area contributed by atoms with Gasteiger partial charge in [0.15, 0.2) is 0 Å².